The zero-order valence-electron chi connectivity index (χ0n) is 17.5. The van der Waals surface area contributed by atoms with Crippen LogP contribution < -0.4 is 10.6 Å². The van der Waals surface area contributed by atoms with Gasteiger partial charge in [-0.25, -0.2) is 9.78 Å². The van der Waals surface area contributed by atoms with Crippen LogP contribution in [0.5, 0.6) is 0 Å². The minimum absolute atomic E-state index is 0.0138. The molecule has 0 bridgehead atoms. The number of amides is 2. The standard InChI is InChI=1S/C22H23ClF3N5O/c1-12(2)31-11-14(10-19(31)20-29-17-5-3-4-6-18(17)30-20)28-21(32)27-13-7-8-16(23)15(9-13)22(24,25)26/h3-9,12,14,19H,10-11H2,1-2H3,(H,29,30)(H2,27,28,32). The maximum atomic E-state index is 13.1. The fourth-order valence-corrected chi connectivity index (χ4v) is 4.33. The molecule has 1 fully saturated rings. The number of likely N-dealkylation sites (tertiary alicyclic amines) is 1. The van der Waals surface area contributed by atoms with Crippen molar-refractivity contribution in [3.63, 3.8) is 0 Å². The van der Waals surface area contributed by atoms with E-state index in [2.05, 4.69) is 34.4 Å². The zero-order chi connectivity index (χ0) is 23.0. The molecule has 1 saturated heterocycles. The molecule has 6 nitrogen and oxygen atoms in total. The number of fused-ring (bicyclic) bond motifs is 1. The molecule has 4 rings (SSSR count). The van der Waals surface area contributed by atoms with Gasteiger partial charge in [0.05, 0.1) is 27.7 Å². The molecular formula is C22H23ClF3N5O. The van der Waals surface area contributed by atoms with Gasteiger partial charge in [0.25, 0.3) is 0 Å². The predicted molar refractivity (Wildman–Crippen MR) is 118 cm³/mol. The molecule has 0 radical (unpaired) electrons. The molecule has 0 aliphatic carbocycles. The number of urea groups is 1. The summed E-state index contributed by atoms with van der Waals surface area (Å²) in [5.41, 5.74) is 0.854. The van der Waals surface area contributed by atoms with Gasteiger partial charge in [-0.2, -0.15) is 13.2 Å². The number of imidazole rings is 1. The van der Waals surface area contributed by atoms with Crippen LogP contribution in [0.2, 0.25) is 5.02 Å². The second-order valence-electron chi connectivity index (χ2n) is 8.17. The van der Waals surface area contributed by atoms with E-state index in [-0.39, 0.29) is 23.8 Å². The van der Waals surface area contributed by atoms with Gasteiger partial charge in [-0.05, 0) is 50.6 Å². The summed E-state index contributed by atoms with van der Waals surface area (Å²) in [5.74, 6) is 0.831. The molecule has 10 heteroatoms. The van der Waals surface area contributed by atoms with E-state index in [1.807, 2.05) is 24.3 Å². The van der Waals surface area contributed by atoms with Crippen molar-refractivity contribution in [2.75, 3.05) is 11.9 Å². The van der Waals surface area contributed by atoms with Gasteiger partial charge in [0.15, 0.2) is 0 Å². The molecule has 2 unspecified atom stereocenters. The topological polar surface area (TPSA) is 73.1 Å². The van der Waals surface area contributed by atoms with Crippen molar-refractivity contribution in [2.45, 2.75) is 44.6 Å². The summed E-state index contributed by atoms with van der Waals surface area (Å²) >= 11 is 5.64. The van der Waals surface area contributed by atoms with E-state index >= 15 is 0 Å². The lowest BCUT2D eigenvalue weighted by Crippen LogP contribution is -2.40. The van der Waals surface area contributed by atoms with Crippen LogP contribution in [0.15, 0.2) is 42.5 Å². The van der Waals surface area contributed by atoms with Crippen molar-refractivity contribution >= 4 is 34.4 Å². The third-order valence-corrected chi connectivity index (χ3v) is 5.92. The highest BCUT2D eigenvalue weighted by Gasteiger charge is 2.37. The summed E-state index contributed by atoms with van der Waals surface area (Å²) in [6, 6.07) is 10.5. The maximum absolute atomic E-state index is 13.1. The Morgan fingerprint density at radius 3 is 2.69 bits per heavy atom. The number of halogens is 4. The minimum Gasteiger partial charge on any atom is -0.341 e. The van der Waals surface area contributed by atoms with Crippen LogP contribution >= 0.6 is 11.6 Å². The van der Waals surface area contributed by atoms with E-state index in [9.17, 15) is 18.0 Å². The summed E-state index contributed by atoms with van der Waals surface area (Å²) in [7, 11) is 0. The second kappa shape index (κ2) is 8.63. The number of carbonyl (C=O) groups is 1. The predicted octanol–water partition coefficient (Wildman–Crippen LogP) is 5.58. The molecule has 2 aromatic carbocycles. The minimum atomic E-state index is -4.60. The van der Waals surface area contributed by atoms with Crippen LogP contribution in [0.4, 0.5) is 23.7 Å². The average molecular weight is 466 g/mol. The van der Waals surface area contributed by atoms with E-state index in [0.717, 1.165) is 29.0 Å². The van der Waals surface area contributed by atoms with Gasteiger partial charge in [0.2, 0.25) is 0 Å². The van der Waals surface area contributed by atoms with Crippen LogP contribution in [-0.4, -0.2) is 39.5 Å². The van der Waals surface area contributed by atoms with Crippen LogP contribution in [0, 0.1) is 0 Å². The van der Waals surface area contributed by atoms with Gasteiger partial charge < -0.3 is 15.6 Å². The highest BCUT2D eigenvalue weighted by molar-refractivity contribution is 6.31. The molecule has 2 amide bonds. The number of para-hydroxylation sites is 2. The molecule has 3 aromatic rings. The molecule has 32 heavy (non-hydrogen) atoms. The number of rotatable bonds is 4. The SMILES string of the molecule is CC(C)N1CC(NC(=O)Nc2ccc(Cl)c(C(F)(F)F)c2)CC1c1nc2ccccc2[nH]1. The molecule has 1 aromatic heterocycles. The first-order valence-corrected chi connectivity index (χ1v) is 10.6. The Morgan fingerprint density at radius 2 is 2.00 bits per heavy atom. The van der Waals surface area contributed by atoms with Gasteiger partial charge in [-0.15, -0.1) is 0 Å². The van der Waals surface area contributed by atoms with Crippen molar-refractivity contribution in [1.82, 2.24) is 20.2 Å². The molecule has 0 saturated carbocycles. The zero-order valence-corrected chi connectivity index (χ0v) is 18.3. The number of alkyl halides is 3. The molecule has 2 heterocycles. The first-order chi connectivity index (χ1) is 15.1. The highest BCUT2D eigenvalue weighted by Crippen LogP contribution is 2.36. The number of nitrogens with one attached hydrogen (secondary N) is 3. The number of nitrogens with zero attached hydrogens (tertiary/aromatic N) is 2. The number of aromatic amines is 1. The van der Waals surface area contributed by atoms with E-state index in [0.29, 0.717) is 13.0 Å². The van der Waals surface area contributed by atoms with E-state index in [1.165, 1.54) is 6.07 Å². The normalized spacial score (nSPS) is 19.6. The van der Waals surface area contributed by atoms with Crippen LogP contribution in [0.3, 0.4) is 0 Å². The summed E-state index contributed by atoms with van der Waals surface area (Å²) < 4.78 is 39.2. The third kappa shape index (κ3) is 4.68. The molecule has 170 valence electrons. The molecule has 3 N–H and O–H groups in total. The quantitative estimate of drug-likeness (QED) is 0.471. The van der Waals surface area contributed by atoms with Crippen LogP contribution in [-0.2, 0) is 6.18 Å². The van der Waals surface area contributed by atoms with Crippen molar-refractivity contribution in [3.8, 4) is 0 Å². The monoisotopic (exact) mass is 465 g/mol. The Morgan fingerprint density at radius 1 is 1.25 bits per heavy atom. The lowest BCUT2D eigenvalue weighted by Gasteiger charge is -2.26. The molecule has 1 aliphatic rings. The Balaban J connectivity index is 1.46. The molecule has 0 spiro atoms. The Bertz CT molecular complexity index is 1100. The van der Waals surface area contributed by atoms with E-state index in [4.69, 9.17) is 16.6 Å². The lowest BCUT2D eigenvalue weighted by molar-refractivity contribution is -0.137. The van der Waals surface area contributed by atoms with Crippen molar-refractivity contribution in [3.05, 3.63) is 58.9 Å². The van der Waals surface area contributed by atoms with Gasteiger partial charge in [-0.3, -0.25) is 4.90 Å². The van der Waals surface area contributed by atoms with Gasteiger partial charge in [0.1, 0.15) is 5.82 Å². The molecular weight excluding hydrogens is 443 g/mol. The number of carbonyl (C=O) groups excluding carboxylic acids is 1. The van der Waals surface area contributed by atoms with Crippen molar-refractivity contribution in [2.24, 2.45) is 0 Å². The second-order valence-corrected chi connectivity index (χ2v) is 8.58. The Hall–Kier alpha value is -2.78. The Kier molecular flexibility index (Phi) is 6.05. The van der Waals surface area contributed by atoms with Crippen molar-refractivity contribution < 1.29 is 18.0 Å². The van der Waals surface area contributed by atoms with Gasteiger partial charge in [0, 0.05) is 24.3 Å². The number of hydrogen-bond donors (Lipinski definition) is 3. The fourth-order valence-electron chi connectivity index (χ4n) is 4.11. The number of hydrogen-bond acceptors (Lipinski definition) is 3. The summed E-state index contributed by atoms with van der Waals surface area (Å²) in [6.07, 6.45) is -3.98. The number of aromatic nitrogens is 2. The largest absolute Gasteiger partial charge is 0.417 e. The molecule has 1 aliphatic heterocycles. The van der Waals surface area contributed by atoms with Gasteiger partial charge in [-0.1, -0.05) is 23.7 Å². The summed E-state index contributed by atoms with van der Waals surface area (Å²) in [5, 5.41) is 4.93. The average Bonchev–Trinajstić information content (AvgIpc) is 3.32. The Labute approximate surface area is 188 Å². The van der Waals surface area contributed by atoms with Crippen molar-refractivity contribution in [1.29, 1.82) is 0 Å². The molecule has 2 atom stereocenters. The van der Waals surface area contributed by atoms with E-state index in [1.54, 1.807) is 0 Å². The smallest absolute Gasteiger partial charge is 0.341 e. The summed E-state index contributed by atoms with van der Waals surface area (Å²) in [6.45, 7) is 4.75. The van der Waals surface area contributed by atoms with E-state index < -0.39 is 22.8 Å². The lowest BCUT2D eigenvalue weighted by atomic mass is 10.1. The number of H-pyrrole nitrogens is 1. The third-order valence-electron chi connectivity index (χ3n) is 5.59. The first-order valence-electron chi connectivity index (χ1n) is 10.3. The van der Waals surface area contributed by atoms with Gasteiger partial charge >= 0.3 is 12.2 Å². The highest BCUT2D eigenvalue weighted by atomic mass is 35.5. The van der Waals surface area contributed by atoms with Crippen LogP contribution in [0.25, 0.3) is 11.0 Å². The number of benzene rings is 2. The fraction of sp³-hybridized carbons (Fsp3) is 0.364. The first kappa shape index (κ1) is 22.4. The maximum Gasteiger partial charge on any atom is 0.417 e. The summed E-state index contributed by atoms with van der Waals surface area (Å²) in [4.78, 5) is 22.8. The van der Waals surface area contributed by atoms with Crippen LogP contribution in [0.1, 0.15) is 37.7 Å². The number of anilines is 1.